The third kappa shape index (κ3) is 3.05. The highest BCUT2D eigenvalue weighted by molar-refractivity contribution is 7.89. The Labute approximate surface area is 105 Å². The zero-order chi connectivity index (χ0) is 12.2. The topological polar surface area (TPSA) is 46.2 Å². The van der Waals surface area contributed by atoms with Gasteiger partial charge in [0.2, 0.25) is 0 Å². The number of halogens is 2. The van der Waals surface area contributed by atoms with Gasteiger partial charge in [-0.2, -0.15) is 0 Å². The molecule has 0 saturated carbocycles. The Morgan fingerprint density at radius 2 is 2.06 bits per heavy atom. The normalized spacial score (nSPS) is 10.4. The highest BCUT2D eigenvalue weighted by Crippen LogP contribution is 2.28. The number of benzene rings is 1. The predicted octanol–water partition coefficient (Wildman–Crippen LogP) is 2.64. The maximum absolute atomic E-state index is 11.7. The smallest absolute Gasteiger partial charge is 0.238 e. The van der Waals surface area contributed by atoms with Crippen molar-refractivity contribution in [1.82, 2.24) is 4.72 Å². The van der Waals surface area contributed by atoms with Crippen LogP contribution in [0.1, 0.15) is 13.3 Å². The molecule has 0 saturated heterocycles. The maximum Gasteiger partial charge on any atom is 0.270 e. The molecular formula is C10H9Cl2NO2S. The summed E-state index contributed by atoms with van der Waals surface area (Å²) in [4.78, 5) is -0.0768. The number of rotatable bonds is 2. The largest absolute Gasteiger partial charge is 0.270 e. The van der Waals surface area contributed by atoms with Crippen LogP contribution in [0.2, 0.25) is 10.0 Å². The minimum Gasteiger partial charge on any atom is -0.238 e. The molecule has 1 aromatic rings. The standard InChI is InChI=1S/C10H9Cl2NO2S/c1-2-3-7-13-16(14,15)9-6-4-5-8(11)10(9)12/h4-6,13H,2H2,1H3. The molecule has 6 heteroatoms. The fourth-order valence-corrected chi connectivity index (χ4v) is 2.52. The van der Waals surface area contributed by atoms with Crippen LogP contribution in [-0.2, 0) is 10.0 Å². The predicted molar refractivity (Wildman–Crippen MR) is 64.9 cm³/mol. The Hall–Kier alpha value is -0.890. The number of hydrogen-bond acceptors (Lipinski definition) is 2. The van der Waals surface area contributed by atoms with Gasteiger partial charge in [-0.1, -0.05) is 42.1 Å². The zero-order valence-corrected chi connectivity index (χ0v) is 10.7. The van der Waals surface area contributed by atoms with Crippen molar-refractivity contribution in [3.63, 3.8) is 0 Å². The summed E-state index contributed by atoms with van der Waals surface area (Å²) in [6, 6.07) is 6.72. The van der Waals surface area contributed by atoms with E-state index in [9.17, 15) is 8.42 Å². The van der Waals surface area contributed by atoms with Crippen LogP contribution in [0.4, 0.5) is 0 Å². The van der Waals surface area contributed by atoms with Crippen LogP contribution < -0.4 is 4.72 Å². The van der Waals surface area contributed by atoms with Crippen LogP contribution in [-0.4, -0.2) is 8.42 Å². The second-order valence-electron chi connectivity index (χ2n) is 2.81. The van der Waals surface area contributed by atoms with E-state index < -0.39 is 10.0 Å². The summed E-state index contributed by atoms with van der Waals surface area (Å²) >= 11 is 11.5. The van der Waals surface area contributed by atoms with Gasteiger partial charge >= 0.3 is 0 Å². The van der Waals surface area contributed by atoms with Gasteiger partial charge < -0.3 is 0 Å². The fourth-order valence-electron chi connectivity index (χ4n) is 0.938. The van der Waals surface area contributed by atoms with Crippen LogP contribution in [0.25, 0.3) is 0 Å². The molecule has 0 radical (unpaired) electrons. The van der Waals surface area contributed by atoms with Crippen molar-refractivity contribution >= 4 is 33.2 Å². The van der Waals surface area contributed by atoms with Gasteiger partial charge in [0.15, 0.2) is 0 Å². The van der Waals surface area contributed by atoms with Crippen LogP contribution in [0, 0.1) is 12.0 Å². The summed E-state index contributed by atoms with van der Waals surface area (Å²) in [5.41, 5.74) is 0. The molecule has 0 atom stereocenters. The summed E-state index contributed by atoms with van der Waals surface area (Å²) in [6.45, 7) is 1.81. The Balaban J connectivity index is 3.13. The van der Waals surface area contributed by atoms with Crippen molar-refractivity contribution in [3.05, 3.63) is 28.2 Å². The quantitative estimate of drug-likeness (QED) is 0.667. The SMILES string of the molecule is CCC#CNS(=O)(=O)c1cccc(Cl)c1Cl. The molecule has 16 heavy (non-hydrogen) atoms. The molecule has 0 heterocycles. The molecule has 1 aromatic carbocycles. The van der Waals surface area contributed by atoms with Crippen molar-refractivity contribution in [2.24, 2.45) is 0 Å². The van der Waals surface area contributed by atoms with Crippen LogP contribution in [0.5, 0.6) is 0 Å². The van der Waals surface area contributed by atoms with Gasteiger partial charge in [-0.15, -0.1) is 0 Å². The van der Waals surface area contributed by atoms with Gasteiger partial charge in [0.1, 0.15) is 4.90 Å². The fraction of sp³-hybridized carbons (Fsp3) is 0.200. The second-order valence-corrected chi connectivity index (χ2v) is 5.25. The average molecular weight is 278 g/mol. The van der Waals surface area contributed by atoms with E-state index in [1.165, 1.54) is 18.2 Å². The van der Waals surface area contributed by atoms with E-state index in [-0.39, 0.29) is 14.9 Å². The molecule has 0 amide bonds. The first kappa shape index (κ1) is 13.2. The van der Waals surface area contributed by atoms with E-state index in [1.807, 2.05) is 6.92 Å². The molecule has 86 valence electrons. The van der Waals surface area contributed by atoms with E-state index >= 15 is 0 Å². The van der Waals surface area contributed by atoms with Gasteiger partial charge in [0, 0.05) is 12.5 Å². The van der Waals surface area contributed by atoms with Gasteiger partial charge in [-0.25, -0.2) is 13.1 Å². The minimum absolute atomic E-state index is 0.00466. The molecule has 0 spiro atoms. The Morgan fingerprint density at radius 3 is 2.69 bits per heavy atom. The molecule has 3 nitrogen and oxygen atoms in total. The Morgan fingerprint density at radius 1 is 1.38 bits per heavy atom. The van der Waals surface area contributed by atoms with E-state index in [0.29, 0.717) is 6.42 Å². The molecule has 0 fully saturated rings. The number of nitrogens with one attached hydrogen (secondary N) is 1. The zero-order valence-electron chi connectivity index (χ0n) is 8.42. The van der Waals surface area contributed by atoms with Crippen LogP contribution in [0.3, 0.4) is 0 Å². The van der Waals surface area contributed by atoms with Gasteiger partial charge in [0.05, 0.1) is 10.0 Å². The molecule has 0 bridgehead atoms. The molecule has 0 aromatic heterocycles. The summed E-state index contributed by atoms with van der Waals surface area (Å²) in [6.07, 6.45) is 0.561. The van der Waals surface area contributed by atoms with Crippen molar-refractivity contribution in [2.45, 2.75) is 18.2 Å². The first-order chi connectivity index (χ1) is 7.49. The maximum atomic E-state index is 11.7. The van der Waals surface area contributed by atoms with Crippen LogP contribution in [0.15, 0.2) is 23.1 Å². The van der Waals surface area contributed by atoms with Gasteiger partial charge in [-0.3, -0.25) is 0 Å². The molecule has 1 rings (SSSR count). The molecule has 0 aliphatic carbocycles. The van der Waals surface area contributed by atoms with E-state index in [4.69, 9.17) is 23.2 Å². The molecule has 0 aliphatic rings. The Bertz CT molecular complexity index is 544. The van der Waals surface area contributed by atoms with Crippen molar-refractivity contribution in [3.8, 4) is 12.0 Å². The first-order valence-corrected chi connectivity index (χ1v) is 6.66. The van der Waals surface area contributed by atoms with Crippen molar-refractivity contribution in [1.29, 1.82) is 0 Å². The monoisotopic (exact) mass is 277 g/mol. The van der Waals surface area contributed by atoms with Crippen molar-refractivity contribution in [2.75, 3.05) is 0 Å². The lowest BCUT2D eigenvalue weighted by Crippen LogP contribution is -2.18. The lowest BCUT2D eigenvalue weighted by atomic mass is 10.4. The lowest BCUT2D eigenvalue weighted by Gasteiger charge is -2.05. The van der Waals surface area contributed by atoms with E-state index in [2.05, 4.69) is 16.7 Å². The third-order valence-corrected chi connectivity index (χ3v) is 3.88. The number of hydrogen-bond donors (Lipinski definition) is 1. The summed E-state index contributed by atoms with van der Waals surface area (Å²) < 4.78 is 25.6. The molecule has 1 N–H and O–H groups in total. The highest BCUT2D eigenvalue weighted by Gasteiger charge is 2.17. The number of sulfonamides is 1. The summed E-state index contributed by atoms with van der Waals surface area (Å²) in [5, 5.41) is 0.183. The summed E-state index contributed by atoms with van der Waals surface area (Å²) in [5.74, 6) is 2.59. The molecule has 0 aliphatic heterocycles. The minimum atomic E-state index is -3.73. The van der Waals surface area contributed by atoms with E-state index in [1.54, 1.807) is 0 Å². The lowest BCUT2D eigenvalue weighted by molar-refractivity contribution is 0.592. The molecular weight excluding hydrogens is 269 g/mol. The first-order valence-electron chi connectivity index (χ1n) is 4.42. The summed E-state index contributed by atoms with van der Waals surface area (Å²) in [7, 11) is -3.73. The average Bonchev–Trinajstić information content (AvgIpc) is 2.22. The van der Waals surface area contributed by atoms with Crippen LogP contribution >= 0.6 is 23.2 Å². The third-order valence-electron chi connectivity index (χ3n) is 1.66. The Kier molecular flexibility index (Phi) is 4.48. The van der Waals surface area contributed by atoms with Gasteiger partial charge in [-0.05, 0) is 12.1 Å². The van der Waals surface area contributed by atoms with Gasteiger partial charge in [0.25, 0.3) is 10.0 Å². The highest BCUT2D eigenvalue weighted by atomic mass is 35.5. The van der Waals surface area contributed by atoms with Crippen molar-refractivity contribution < 1.29 is 8.42 Å². The second kappa shape index (κ2) is 5.44. The van der Waals surface area contributed by atoms with E-state index in [0.717, 1.165) is 0 Å². The molecule has 0 unspecified atom stereocenters.